The first-order valence-corrected chi connectivity index (χ1v) is 9.86. The monoisotopic (exact) mass is 392 g/mol. The zero-order valence-electron chi connectivity index (χ0n) is 15.6. The maximum absolute atomic E-state index is 12.3. The number of carbonyl (C=O) groups excluding carboxylic acids is 1. The van der Waals surface area contributed by atoms with Crippen molar-refractivity contribution >= 4 is 15.9 Å². The van der Waals surface area contributed by atoms with Gasteiger partial charge >= 0.3 is 0 Å². The van der Waals surface area contributed by atoms with E-state index >= 15 is 0 Å². The van der Waals surface area contributed by atoms with Crippen molar-refractivity contribution < 1.29 is 22.7 Å². The summed E-state index contributed by atoms with van der Waals surface area (Å²) in [6.45, 7) is 2.34. The molecule has 0 aliphatic carbocycles. The Kier molecular flexibility index (Phi) is 7.35. The Labute approximate surface area is 159 Å². The van der Waals surface area contributed by atoms with Gasteiger partial charge in [-0.25, -0.2) is 13.1 Å². The molecule has 0 saturated heterocycles. The number of nitrogens with one attached hydrogen (secondary N) is 2. The minimum absolute atomic E-state index is 0.0946. The highest BCUT2D eigenvalue weighted by Crippen LogP contribution is 2.13. The van der Waals surface area contributed by atoms with Crippen LogP contribution >= 0.6 is 0 Å². The fourth-order valence-electron chi connectivity index (χ4n) is 2.43. The number of ether oxygens (including phenoxy) is 2. The smallest absolute Gasteiger partial charge is 0.251 e. The van der Waals surface area contributed by atoms with Gasteiger partial charge in [-0.1, -0.05) is 12.1 Å². The first kappa shape index (κ1) is 20.9. The quantitative estimate of drug-likeness (QED) is 0.680. The van der Waals surface area contributed by atoms with Crippen LogP contribution in [0.5, 0.6) is 5.75 Å². The van der Waals surface area contributed by atoms with E-state index in [-0.39, 0.29) is 23.5 Å². The highest BCUT2D eigenvalue weighted by molar-refractivity contribution is 7.89. The van der Waals surface area contributed by atoms with Gasteiger partial charge in [-0.15, -0.1) is 0 Å². The molecule has 2 N–H and O–H groups in total. The zero-order chi connectivity index (χ0) is 19.9. The summed E-state index contributed by atoms with van der Waals surface area (Å²) < 4.78 is 37.1. The van der Waals surface area contributed by atoms with Gasteiger partial charge in [0.15, 0.2) is 0 Å². The van der Waals surface area contributed by atoms with Crippen molar-refractivity contribution in [1.82, 2.24) is 10.0 Å². The standard InChI is InChI=1S/C19H24N2O5S/c1-14(13-25-2)21-27(23,24)18-10-6-16(7-11-18)19(22)20-12-15-4-8-17(26-3)9-5-15/h4-11,14,21H,12-13H2,1-3H3,(H,20,22)/t14-/m0/s1. The highest BCUT2D eigenvalue weighted by Gasteiger charge is 2.17. The Morgan fingerprint density at radius 2 is 1.67 bits per heavy atom. The first-order chi connectivity index (χ1) is 12.9. The van der Waals surface area contributed by atoms with Gasteiger partial charge in [0.05, 0.1) is 18.6 Å². The van der Waals surface area contributed by atoms with Crippen molar-refractivity contribution in [1.29, 1.82) is 0 Å². The molecule has 8 heteroatoms. The second-order valence-corrected chi connectivity index (χ2v) is 7.75. The van der Waals surface area contributed by atoms with E-state index in [1.165, 1.54) is 31.4 Å². The summed E-state index contributed by atoms with van der Waals surface area (Å²) in [4.78, 5) is 12.3. The molecule has 1 amide bonds. The number of methoxy groups -OCH3 is 2. The summed E-state index contributed by atoms with van der Waals surface area (Å²) in [5, 5.41) is 2.80. The van der Waals surface area contributed by atoms with Crippen molar-refractivity contribution in [2.24, 2.45) is 0 Å². The maximum atomic E-state index is 12.3. The summed E-state index contributed by atoms with van der Waals surface area (Å²) in [6.07, 6.45) is 0. The topological polar surface area (TPSA) is 93.7 Å². The number of sulfonamides is 1. The Bertz CT molecular complexity index is 849. The third-order valence-electron chi connectivity index (χ3n) is 3.81. The van der Waals surface area contributed by atoms with Crippen LogP contribution in [0.1, 0.15) is 22.8 Å². The lowest BCUT2D eigenvalue weighted by Crippen LogP contribution is -2.35. The minimum Gasteiger partial charge on any atom is -0.497 e. The predicted octanol–water partition coefficient (Wildman–Crippen LogP) is 1.94. The number of benzene rings is 2. The van der Waals surface area contributed by atoms with Gasteiger partial charge in [0, 0.05) is 25.3 Å². The molecular formula is C19H24N2O5S. The molecule has 0 aromatic heterocycles. The molecule has 146 valence electrons. The van der Waals surface area contributed by atoms with Crippen LogP contribution in [0.25, 0.3) is 0 Å². The van der Waals surface area contributed by atoms with Crippen LogP contribution in [-0.2, 0) is 21.3 Å². The summed E-state index contributed by atoms with van der Waals surface area (Å²) in [5.74, 6) is 0.464. The van der Waals surface area contributed by atoms with Gasteiger partial charge < -0.3 is 14.8 Å². The molecule has 0 fully saturated rings. The predicted molar refractivity (Wildman–Crippen MR) is 102 cm³/mol. The van der Waals surface area contributed by atoms with Crippen molar-refractivity contribution in [2.45, 2.75) is 24.4 Å². The van der Waals surface area contributed by atoms with E-state index in [4.69, 9.17) is 9.47 Å². The largest absolute Gasteiger partial charge is 0.497 e. The Morgan fingerprint density at radius 3 is 2.22 bits per heavy atom. The normalized spacial score (nSPS) is 12.4. The summed E-state index contributed by atoms with van der Waals surface area (Å²) >= 11 is 0. The molecule has 2 aromatic carbocycles. The van der Waals surface area contributed by atoms with E-state index in [1.54, 1.807) is 14.0 Å². The molecule has 2 rings (SSSR count). The van der Waals surface area contributed by atoms with Crippen molar-refractivity contribution in [3.8, 4) is 5.75 Å². The minimum atomic E-state index is -3.66. The number of carbonyl (C=O) groups is 1. The van der Waals surface area contributed by atoms with Gasteiger partial charge in [0.2, 0.25) is 10.0 Å². The van der Waals surface area contributed by atoms with Gasteiger partial charge in [-0.05, 0) is 48.9 Å². The van der Waals surface area contributed by atoms with E-state index in [0.29, 0.717) is 12.1 Å². The van der Waals surface area contributed by atoms with Crippen molar-refractivity contribution in [3.63, 3.8) is 0 Å². The lowest BCUT2D eigenvalue weighted by atomic mass is 10.2. The molecule has 0 aliphatic rings. The summed E-state index contributed by atoms with van der Waals surface area (Å²) in [6, 6.07) is 12.8. The Balaban J connectivity index is 1.97. The number of hydrogen-bond acceptors (Lipinski definition) is 5. The summed E-state index contributed by atoms with van der Waals surface area (Å²) in [7, 11) is -0.564. The van der Waals surface area contributed by atoms with E-state index in [9.17, 15) is 13.2 Å². The van der Waals surface area contributed by atoms with Crippen LogP contribution in [-0.4, -0.2) is 41.2 Å². The molecule has 0 saturated carbocycles. The van der Waals surface area contributed by atoms with Gasteiger partial charge in [0.1, 0.15) is 5.75 Å². The van der Waals surface area contributed by atoms with E-state index in [1.807, 2.05) is 24.3 Å². The lowest BCUT2D eigenvalue weighted by Gasteiger charge is -2.13. The van der Waals surface area contributed by atoms with Crippen LogP contribution in [0.4, 0.5) is 0 Å². The molecule has 27 heavy (non-hydrogen) atoms. The van der Waals surface area contributed by atoms with Crippen LogP contribution in [0, 0.1) is 0 Å². The average molecular weight is 392 g/mol. The molecule has 7 nitrogen and oxygen atoms in total. The third kappa shape index (κ3) is 6.06. The SMILES string of the molecule is COC[C@H](C)NS(=O)(=O)c1ccc(C(=O)NCc2ccc(OC)cc2)cc1. The average Bonchev–Trinajstić information content (AvgIpc) is 2.66. The fraction of sp³-hybridized carbons (Fsp3) is 0.316. The number of hydrogen-bond donors (Lipinski definition) is 2. The van der Waals surface area contributed by atoms with Crippen LogP contribution in [0.2, 0.25) is 0 Å². The highest BCUT2D eigenvalue weighted by atomic mass is 32.2. The number of amides is 1. The van der Waals surface area contributed by atoms with Gasteiger partial charge in [-0.3, -0.25) is 4.79 Å². The molecule has 1 atom stereocenters. The first-order valence-electron chi connectivity index (χ1n) is 8.38. The molecule has 0 radical (unpaired) electrons. The molecule has 0 unspecified atom stereocenters. The van der Waals surface area contributed by atoms with E-state index < -0.39 is 10.0 Å². The van der Waals surface area contributed by atoms with Crippen LogP contribution < -0.4 is 14.8 Å². The van der Waals surface area contributed by atoms with Crippen molar-refractivity contribution in [2.75, 3.05) is 20.8 Å². The molecule has 2 aromatic rings. The second-order valence-electron chi connectivity index (χ2n) is 6.03. The van der Waals surface area contributed by atoms with Crippen LogP contribution in [0.3, 0.4) is 0 Å². The van der Waals surface area contributed by atoms with E-state index in [0.717, 1.165) is 11.3 Å². The van der Waals surface area contributed by atoms with Crippen LogP contribution in [0.15, 0.2) is 53.4 Å². The van der Waals surface area contributed by atoms with Gasteiger partial charge in [0.25, 0.3) is 5.91 Å². The molecule has 0 bridgehead atoms. The maximum Gasteiger partial charge on any atom is 0.251 e. The third-order valence-corrected chi connectivity index (χ3v) is 5.42. The fourth-order valence-corrected chi connectivity index (χ4v) is 3.66. The second kappa shape index (κ2) is 9.50. The molecular weight excluding hydrogens is 368 g/mol. The van der Waals surface area contributed by atoms with Gasteiger partial charge in [-0.2, -0.15) is 0 Å². The molecule has 0 heterocycles. The molecule has 0 spiro atoms. The lowest BCUT2D eigenvalue weighted by molar-refractivity contribution is 0.0951. The number of rotatable bonds is 9. The summed E-state index contributed by atoms with van der Waals surface area (Å²) in [5.41, 5.74) is 1.31. The van der Waals surface area contributed by atoms with E-state index in [2.05, 4.69) is 10.0 Å². The zero-order valence-corrected chi connectivity index (χ0v) is 16.4. The Hall–Kier alpha value is -2.42. The molecule has 0 aliphatic heterocycles. The van der Waals surface area contributed by atoms with Crippen molar-refractivity contribution in [3.05, 3.63) is 59.7 Å². The Morgan fingerprint density at radius 1 is 1.04 bits per heavy atom.